The van der Waals surface area contributed by atoms with E-state index in [-0.39, 0.29) is 6.04 Å². The van der Waals surface area contributed by atoms with E-state index >= 15 is 0 Å². The molecule has 1 atom stereocenters. The Balaban J connectivity index is 2.92. The van der Waals surface area contributed by atoms with Crippen LogP contribution < -0.4 is 16.8 Å². The first-order valence-corrected chi connectivity index (χ1v) is 2.51. The molecule has 0 aromatic heterocycles. The second kappa shape index (κ2) is 4.99. The van der Waals surface area contributed by atoms with Crippen molar-refractivity contribution in [1.29, 1.82) is 0 Å². The lowest BCUT2D eigenvalue weighted by molar-refractivity contribution is 0.166. The Hall–Kier alpha value is -0.160. The molecule has 1 unspecified atom stereocenters. The van der Waals surface area contributed by atoms with Crippen molar-refractivity contribution in [2.45, 2.75) is 13.0 Å². The molecule has 0 fully saturated rings. The first-order valence-electron chi connectivity index (χ1n) is 2.51. The highest BCUT2D eigenvalue weighted by atomic mass is 16.5. The Kier molecular flexibility index (Phi) is 4.89. The lowest BCUT2D eigenvalue weighted by Gasteiger charge is -2.09. The van der Waals surface area contributed by atoms with Crippen LogP contribution in [-0.4, -0.2) is 19.8 Å². The second-order valence-corrected chi connectivity index (χ2v) is 1.65. The number of hydrogen-bond donors (Lipinski definition) is 3. The smallest absolute Gasteiger partial charge is 0.0627 e. The summed E-state index contributed by atoms with van der Waals surface area (Å²) >= 11 is 0. The normalized spacial score (nSPS) is 13.9. The van der Waals surface area contributed by atoms with E-state index in [1.54, 1.807) is 7.11 Å². The molecule has 0 spiro atoms. The zero-order valence-corrected chi connectivity index (χ0v) is 5.27. The molecule has 4 N–H and O–H groups in total. The predicted molar refractivity (Wildman–Crippen MR) is 31.8 cm³/mol. The summed E-state index contributed by atoms with van der Waals surface area (Å²) in [6, 6.07) is 0.255. The first kappa shape index (κ1) is 7.84. The molecule has 0 aliphatic heterocycles. The Morgan fingerprint density at radius 2 is 2.38 bits per heavy atom. The van der Waals surface area contributed by atoms with Gasteiger partial charge in [0.15, 0.2) is 0 Å². The molecule has 0 aliphatic rings. The van der Waals surface area contributed by atoms with Crippen LogP contribution >= 0.6 is 0 Å². The summed E-state index contributed by atoms with van der Waals surface area (Å²) < 4.78 is 4.80. The minimum absolute atomic E-state index is 0.255. The van der Waals surface area contributed by atoms with Gasteiger partial charge in [-0.1, -0.05) is 0 Å². The molecule has 4 heteroatoms. The highest BCUT2D eigenvalue weighted by molar-refractivity contribution is 4.51. The number of nitrogens with one attached hydrogen (secondary N) is 2. The van der Waals surface area contributed by atoms with Crippen molar-refractivity contribution in [2.24, 2.45) is 5.84 Å². The van der Waals surface area contributed by atoms with Crippen LogP contribution in [0.1, 0.15) is 6.92 Å². The van der Waals surface area contributed by atoms with Gasteiger partial charge in [0.05, 0.1) is 6.61 Å². The van der Waals surface area contributed by atoms with Gasteiger partial charge in [-0.2, -0.15) is 5.53 Å². The average Bonchev–Trinajstić information content (AvgIpc) is 1.68. The van der Waals surface area contributed by atoms with Crippen LogP contribution in [0.5, 0.6) is 0 Å². The average molecular weight is 119 g/mol. The largest absolute Gasteiger partial charge is 0.383 e. The van der Waals surface area contributed by atoms with E-state index in [9.17, 15) is 0 Å². The van der Waals surface area contributed by atoms with Gasteiger partial charge in [0.25, 0.3) is 0 Å². The van der Waals surface area contributed by atoms with E-state index in [0.29, 0.717) is 6.61 Å². The Bertz CT molecular complexity index is 44.5. The summed E-state index contributed by atoms with van der Waals surface area (Å²) in [6.45, 7) is 2.62. The SMILES string of the molecule is COCC(C)NNN. The molecule has 0 aliphatic carbocycles. The molecule has 0 bridgehead atoms. The van der Waals surface area contributed by atoms with Crippen molar-refractivity contribution in [3.8, 4) is 0 Å². The Morgan fingerprint density at radius 1 is 1.75 bits per heavy atom. The standard InChI is InChI=1S/C4H13N3O/c1-4(3-8-2)6-7-5/h4,6-7H,3,5H2,1-2H3. The number of methoxy groups -OCH3 is 1. The molecule has 0 saturated carbocycles. The molecule has 0 amide bonds. The zero-order valence-electron chi connectivity index (χ0n) is 5.27. The fourth-order valence-corrected chi connectivity index (χ4v) is 0.434. The monoisotopic (exact) mass is 119 g/mol. The molecule has 0 aromatic carbocycles. The topological polar surface area (TPSA) is 59.3 Å². The Labute approximate surface area is 49.3 Å². The van der Waals surface area contributed by atoms with E-state index in [1.165, 1.54) is 0 Å². The van der Waals surface area contributed by atoms with E-state index in [4.69, 9.17) is 10.6 Å². The third kappa shape index (κ3) is 4.01. The van der Waals surface area contributed by atoms with Crippen LogP contribution in [0, 0.1) is 0 Å². The number of hydrazine groups is 2. The fourth-order valence-electron chi connectivity index (χ4n) is 0.434. The van der Waals surface area contributed by atoms with Gasteiger partial charge in [-0.3, -0.25) is 5.84 Å². The molecular weight excluding hydrogens is 106 g/mol. The number of ether oxygens (including phenoxy) is 1. The van der Waals surface area contributed by atoms with Crippen molar-refractivity contribution in [3.05, 3.63) is 0 Å². The third-order valence-corrected chi connectivity index (χ3v) is 0.746. The maximum absolute atomic E-state index is 4.94. The molecule has 0 aromatic rings. The molecule has 4 nitrogen and oxygen atoms in total. The number of rotatable bonds is 4. The van der Waals surface area contributed by atoms with E-state index in [1.807, 2.05) is 6.92 Å². The van der Waals surface area contributed by atoms with Gasteiger partial charge in [0, 0.05) is 13.2 Å². The molecule has 0 rings (SSSR count). The summed E-state index contributed by atoms with van der Waals surface area (Å²) in [6.07, 6.45) is 0. The van der Waals surface area contributed by atoms with Crippen LogP contribution in [0.3, 0.4) is 0 Å². The highest BCUT2D eigenvalue weighted by Crippen LogP contribution is 1.76. The van der Waals surface area contributed by atoms with Crippen LogP contribution in [0.15, 0.2) is 0 Å². The van der Waals surface area contributed by atoms with Gasteiger partial charge in [0.1, 0.15) is 0 Å². The second-order valence-electron chi connectivity index (χ2n) is 1.65. The van der Waals surface area contributed by atoms with Gasteiger partial charge >= 0.3 is 0 Å². The maximum Gasteiger partial charge on any atom is 0.0627 e. The fraction of sp³-hybridized carbons (Fsp3) is 1.00. The summed E-state index contributed by atoms with van der Waals surface area (Å²) in [5.41, 5.74) is 5.07. The molecule has 8 heavy (non-hydrogen) atoms. The Morgan fingerprint density at radius 3 is 2.75 bits per heavy atom. The summed E-state index contributed by atoms with van der Waals surface area (Å²) in [4.78, 5) is 0. The van der Waals surface area contributed by atoms with Crippen molar-refractivity contribution >= 4 is 0 Å². The van der Waals surface area contributed by atoms with E-state index in [0.717, 1.165) is 0 Å². The summed E-state index contributed by atoms with van der Waals surface area (Å²) in [7, 11) is 1.65. The van der Waals surface area contributed by atoms with Crippen molar-refractivity contribution < 1.29 is 4.74 Å². The van der Waals surface area contributed by atoms with E-state index in [2.05, 4.69) is 11.0 Å². The molecule has 0 heterocycles. The molecule has 0 saturated heterocycles. The van der Waals surface area contributed by atoms with Crippen LogP contribution in [0.4, 0.5) is 0 Å². The van der Waals surface area contributed by atoms with Gasteiger partial charge in [-0.05, 0) is 6.92 Å². The highest BCUT2D eigenvalue weighted by Gasteiger charge is 1.94. The molecule has 50 valence electrons. The van der Waals surface area contributed by atoms with Crippen LogP contribution in [0.25, 0.3) is 0 Å². The van der Waals surface area contributed by atoms with E-state index < -0.39 is 0 Å². The van der Waals surface area contributed by atoms with Crippen molar-refractivity contribution in [2.75, 3.05) is 13.7 Å². The van der Waals surface area contributed by atoms with Gasteiger partial charge in [-0.25, -0.2) is 5.43 Å². The quantitative estimate of drug-likeness (QED) is 0.328. The van der Waals surface area contributed by atoms with Gasteiger partial charge in [-0.15, -0.1) is 0 Å². The summed E-state index contributed by atoms with van der Waals surface area (Å²) in [5.74, 6) is 4.94. The van der Waals surface area contributed by atoms with Gasteiger partial charge in [0.2, 0.25) is 0 Å². The zero-order chi connectivity index (χ0) is 6.41. The van der Waals surface area contributed by atoms with Crippen molar-refractivity contribution in [3.63, 3.8) is 0 Å². The number of nitrogens with two attached hydrogens (primary N) is 1. The number of hydrogen-bond acceptors (Lipinski definition) is 4. The third-order valence-electron chi connectivity index (χ3n) is 0.746. The minimum atomic E-state index is 0.255. The minimum Gasteiger partial charge on any atom is -0.383 e. The molecule has 0 radical (unpaired) electrons. The maximum atomic E-state index is 4.94. The summed E-state index contributed by atoms with van der Waals surface area (Å²) in [5, 5.41) is 0. The lowest BCUT2D eigenvalue weighted by Crippen LogP contribution is -2.45. The van der Waals surface area contributed by atoms with Gasteiger partial charge < -0.3 is 4.74 Å². The van der Waals surface area contributed by atoms with Crippen LogP contribution in [0.2, 0.25) is 0 Å². The predicted octanol–water partition coefficient (Wildman–Crippen LogP) is -1.01. The molecular formula is C4H13N3O. The van der Waals surface area contributed by atoms with Crippen molar-refractivity contribution in [1.82, 2.24) is 11.0 Å². The first-order chi connectivity index (χ1) is 3.81. The van der Waals surface area contributed by atoms with Crippen LogP contribution in [-0.2, 0) is 4.74 Å². The lowest BCUT2D eigenvalue weighted by atomic mass is 10.4.